The zero-order chi connectivity index (χ0) is 12.6. The van der Waals surface area contributed by atoms with E-state index in [0.717, 1.165) is 18.4 Å². The third-order valence-corrected chi connectivity index (χ3v) is 3.48. The summed E-state index contributed by atoms with van der Waals surface area (Å²) < 4.78 is 0. The third kappa shape index (κ3) is 3.03. The summed E-state index contributed by atoms with van der Waals surface area (Å²) in [6.07, 6.45) is 1.61. The lowest BCUT2D eigenvalue weighted by Gasteiger charge is -2.19. The topological polar surface area (TPSA) is 55.1 Å². The summed E-state index contributed by atoms with van der Waals surface area (Å²) in [7, 11) is 0. The van der Waals surface area contributed by atoms with Gasteiger partial charge in [0.15, 0.2) is 0 Å². The van der Waals surface area contributed by atoms with E-state index in [9.17, 15) is 4.79 Å². The molecule has 1 fully saturated rings. The van der Waals surface area contributed by atoms with E-state index in [2.05, 4.69) is 37.4 Å². The van der Waals surface area contributed by atoms with Crippen LogP contribution in [0.4, 0.5) is 0 Å². The van der Waals surface area contributed by atoms with Crippen molar-refractivity contribution in [3.05, 3.63) is 34.9 Å². The molecule has 0 bridgehead atoms. The second-order valence-corrected chi connectivity index (χ2v) is 5.21. The molecule has 1 saturated carbocycles. The fourth-order valence-electron chi connectivity index (χ4n) is 2.09. The van der Waals surface area contributed by atoms with E-state index in [0.29, 0.717) is 0 Å². The van der Waals surface area contributed by atoms with Crippen LogP contribution in [0.1, 0.15) is 42.5 Å². The Morgan fingerprint density at radius 3 is 2.50 bits per heavy atom. The van der Waals surface area contributed by atoms with E-state index in [4.69, 9.17) is 5.73 Å². The Labute approximate surface area is 115 Å². The first-order valence-corrected chi connectivity index (χ1v) is 6.09. The van der Waals surface area contributed by atoms with E-state index >= 15 is 0 Å². The van der Waals surface area contributed by atoms with E-state index in [-0.39, 0.29) is 24.4 Å². The molecule has 0 spiro atoms. The van der Waals surface area contributed by atoms with Crippen molar-refractivity contribution in [2.24, 2.45) is 5.73 Å². The number of benzene rings is 1. The van der Waals surface area contributed by atoms with Crippen molar-refractivity contribution in [2.75, 3.05) is 0 Å². The molecule has 1 aliphatic rings. The zero-order valence-corrected chi connectivity index (χ0v) is 11.9. The zero-order valence-electron chi connectivity index (χ0n) is 11.1. The number of hydrogen-bond donors (Lipinski definition) is 2. The lowest BCUT2D eigenvalue weighted by Crippen LogP contribution is -2.43. The molecule has 1 aliphatic carbocycles. The number of carbonyl (C=O) groups excluding carboxylic acids is 1. The number of aryl methyl sites for hydroxylation is 2. The average Bonchev–Trinajstić information content (AvgIpc) is 2.97. The van der Waals surface area contributed by atoms with Crippen LogP contribution < -0.4 is 11.1 Å². The number of halogens is 1. The molecule has 0 aliphatic heterocycles. The average molecular weight is 269 g/mol. The van der Waals surface area contributed by atoms with Gasteiger partial charge in [0.2, 0.25) is 5.91 Å². The van der Waals surface area contributed by atoms with Crippen LogP contribution in [0.5, 0.6) is 0 Å². The maximum atomic E-state index is 11.9. The summed E-state index contributed by atoms with van der Waals surface area (Å²) in [6, 6.07) is 6.29. The van der Waals surface area contributed by atoms with Gasteiger partial charge in [0.05, 0.1) is 11.6 Å². The molecular formula is C14H21ClN2O. The minimum absolute atomic E-state index is 0. The van der Waals surface area contributed by atoms with Gasteiger partial charge in [-0.2, -0.15) is 0 Å². The summed E-state index contributed by atoms with van der Waals surface area (Å²) in [5.41, 5.74) is 8.88. The Bertz CT molecular complexity index is 455. The van der Waals surface area contributed by atoms with E-state index in [1.807, 2.05) is 6.92 Å². The number of amides is 1. The summed E-state index contributed by atoms with van der Waals surface area (Å²) in [5, 5.41) is 2.99. The molecule has 100 valence electrons. The van der Waals surface area contributed by atoms with Crippen molar-refractivity contribution in [3.8, 4) is 0 Å². The fraction of sp³-hybridized carbons (Fsp3) is 0.500. The van der Waals surface area contributed by atoms with Gasteiger partial charge in [0.1, 0.15) is 0 Å². The molecule has 0 radical (unpaired) electrons. The summed E-state index contributed by atoms with van der Waals surface area (Å²) >= 11 is 0. The van der Waals surface area contributed by atoms with Crippen LogP contribution in [0.2, 0.25) is 0 Å². The normalized spacial score (nSPS) is 17.6. The third-order valence-electron chi connectivity index (χ3n) is 3.48. The number of hydrogen-bond acceptors (Lipinski definition) is 2. The Morgan fingerprint density at radius 1 is 1.39 bits per heavy atom. The van der Waals surface area contributed by atoms with Crippen molar-refractivity contribution in [2.45, 2.75) is 45.2 Å². The predicted molar refractivity (Wildman–Crippen MR) is 75.9 cm³/mol. The molecule has 0 saturated heterocycles. The summed E-state index contributed by atoms with van der Waals surface area (Å²) in [4.78, 5) is 11.9. The Hall–Kier alpha value is -1.06. The number of rotatable bonds is 3. The van der Waals surface area contributed by atoms with Gasteiger partial charge in [0, 0.05) is 0 Å². The van der Waals surface area contributed by atoms with Crippen LogP contribution in [0.15, 0.2) is 18.2 Å². The van der Waals surface area contributed by atoms with Crippen LogP contribution in [0.3, 0.4) is 0 Å². The Morgan fingerprint density at radius 2 is 2.00 bits per heavy atom. The van der Waals surface area contributed by atoms with E-state index in [1.54, 1.807) is 0 Å². The van der Waals surface area contributed by atoms with Gasteiger partial charge in [-0.25, -0.2) is 0 Å². The van der Waals surface area contributed by atoms with Gasteiger partial charge in [-0.1, -0.05) is 23.8 Å². The second-order valence-electron chi connectivity index (χ2n) is 5.21. The first kappa shape index (κ1) is 15.0. The molecule has 1 aromatic carbocycles. The largest absolute Gasteiger partial charge is 0.348 e. The molecule has 4 heteroatoms. The van der Waals surface area contributed by atoms with E-state index < -0.39 is 5.54 Å². The number of nitrogens with one attached hydrogen (secondary N) is 1. The molecule has 0 heterocycles. The molecule has 1 unspecified atom stereocenters. The predicted octanol–water partition coefficient (Wildman–Crippen LogP) is 2.39. The molecule has 2 rings (SSSR count). The van der Waals surface area contributed by atoms with Crippen molar-refractivity contribution in [1.82, 2.24) is 5.32 Å². The van der Waals surface area contributed by atoms with Gasteiger partial charge < -0.3 is 11.1 Å². The van der Waals surface area contributed by atoms with Crippen molar-refractivity contribution in [3.63, 3.8) is 0 Å². The lowest BCUT2D eigenvalue weighted by atomic mass is 10.00. The Balaban J connectivity index is 0.00000162. The molecule has 0 aromatic heterocycles. The van der Waals surface area contributed by atoms with Crippen LogP contribution in [-0.2, 0) is 4.79 Å². The maximum Gasteiger partial charge on any atom is 0.240 e. The highest BCUT2D eigenvalue weighted by atomic mass is 35.5. The molecule has 1 amide bonds. The van der Waals surface area contributed by atoms with Gasteiger partial charge in [0.25, 0.3) is 0 Å². The quantitative estimate of drug-likeness (QED) is 0.884. The molecule has 18 heavy (non-hydrogen) atoms. The van der Waals surface area contributed by atoms with Gasteiger partial charge in [-0.3, -0.25) is 4.79 Å². The van der Waals surface area contributed by atoms with Crippen molar-refractivity contribution >= 4 is 18.3 Å². The summed E-state index contributed by atoms with van der Waals surface area (Å²) in [6.45, 7) is 6.14. The maximum absolute atomic E-state index is 11.9. The molecule has 1 aromatic rings. The van der Waals surface area contributed by atoms with Crippen molar-refractivity contribution < 1.29 is 4.79 Å². The first-order valence-electron chi connectivity index (χ1n) is 6.09. The highest BCUT2D eigenvalue weighted by molar-refractivity contribution is 5.89. The number of carbonyl (C=O) groups is 1. The minimum atomic E-state index is -0.590. The lowest BCUT2D eigenvalue weighted by molar-refractivity contribution is -0.123. The van der Waals surface area contributed by atoms with E-state index in [1.165, 1.54) is 11.1 Å². The SMILES string of the molecule is Cc1ccc(C(C)NC(=O)C2(N)CC2)c(C)c1.Cl. The first-order chi connectivity index (χ1) is 7.92. The van der Waals surface area contributed by atoms with Gasteiger partial charge in [-0.05, 0) is 44.7 Å². The molecular weight excluding hydrogens is 248 g/mol. The van der Waals surface area contributed by atoms with Crippen LogP contribution in [-0.4, -0.2) is 11.4 Å². The summed E-state index contributed by atoms with van der Waals surface area (Å²) in [5.74, 6) is -0.0232. The highest BCUT2D eigenvalue weighted by Crippen LogP contribution is 2.33. The molecule has 3 nitrogen and oxygen atoms in total. The van der Waals surface area contributed by atoms with Gasteiger partial charge >= 0.3 is 0 Å². The van der Waals surface area contributed by atoms with Crippen LogP contribution in [0.25, 0.3) is 0 Å². The van der Waals surface area contributed by atoms with Gasteiger partial charge in [-0.15, -0.1) is 12.4 Å². The smallest absolute Gasteiger partial charge is 0.240 e. The molecule has 1 atom stereocenters. The van der Waals surface area contributed by atoms with Crippen molar-refractivity contribution in [1.29, 1.82) is 0 Å². The van der Waals surface area contributed by atoms with Crippen LogP contribution >= 0.6 is 12.4 Å². The second kappa shape index (κ2) is 5.29. The minimum Gasteiger partial charge on any atom is -0.348 e. The fourth-order valence-corrected chi connectivity index (χ4v) is 2.09. The standard InChI is InChI=1S/C14H20N2O.ClH/c1-9-4-5-12(10(2)8-9)11(3)16-13(17)14(15)6-7-14;/h4-5,8,11H,6-7,15H2,1-3H3,(H,16,17);1H. The Kier molecular flexibility index (Phi) is 4.41. The molecule has 3 N–H and O–H groups in total. The monoisotopic (exact) mass is 268 g/mol. The highest BCUT2D eigenvalue weighted by Gasteiger charge is 2.46. The van der Waals surface area contributed by atoms with Crippen LogP contribution in [0, 0.1) is 13.8 Å². The number of nitrogens with two attached hydrogens (primary N) is 1.